The van der Waals surface area contributed by atoms with Gasteiger partial charge in [-0.1, -0.05) is 29.8 Å². The summed E-state index contributed by atoms with van der Waals surface area (Å²) in [6.45, 7) is 2.75. The largest absolute Gasteiger partial charge is 0.368 e. The molecule has 0 amide bonds. The number of aromatic nitrogens is 1. The predicted octanol–water partition coefficient (Wildman–Crippen LogP) is 1.86. The average Bonchev–Trinajstić information content (AvgIpc) is 2.46. The fourth-order valence-corrected chi connectivity index (χ4v) is 2.35. The molecule has 1 aromatic heterocycles. The minimum Gasteiger partial charge on any atom is -0.368 e. The Labute approximate surface area is 111 Å². The van der Waals surface area contributed by atoms with Gasteiger partial charge in [0.1, 0.15) is 5.82 Å². The first-order valence-electron chi connectivity index (χ1n) is 6.57. The van der Waals surface area contributed by atoms with Crippen molar-refractivity contribution in [3.63, 3.8) is 0 Å². The number of benzene rings is 1. The summed E-state index contributed by atoms with van der Waals surface area (Å²) >= 11 is 0. The number of hydrogen-bond acceptors (Lipinski definition) is 3. The molecule has 0 bridgehead atoms. The Bertz CT molecular complexity index is 672. The normalized spacial score (nSPS) is 15.3. The van der Waals surface area contributed by atoms with Crippen molar-refractivity contribution in [2.45, 2.75) is 6.42 Å². The molecule has 2 heterocycles. The van der Waals surface area contributed by atoms with Crippen LogP contribution in [0.1, 0.15) is 6.42 Å². The average molecular weight is 255 g/mol. The minimum absolute atomic E-state index is 0.0418. The molecular formula is C15H17N3O. The zero-order valence-electron chi connectivity index (χ0n) is 10.7. The van der Waals surface area contributed by atoms with Crippen molar-refractivity contribution in [2.24, 2.45) is 0 Å². The number of anilines is 1. The summed E-state index contributed by atoms with van der Waals surface area (Å²) in [7, 11) is 0. The van der Waals surface area contributed by atoms with E-state index in [4.69, 9.17) is 0 Å². The molecule has 1 aliphatic rings. The highest BCUT2D eigenvalue weighted by molar-refractivity contribution is 5.83. The maximum atomic E-state index is 11.9. The van der Waals surface area contributed by atoms with Crippen LogP contribution in [-0.2, 0) is 0 Å². The number of hydrogen-bond donors (Lipinski definition) is 3. The highest BCUT2D eigenvalue weighted by Crippen LogP contribution is 2.13. The van der Waals surface area contributed by atoms with Crippen LogP contribution in [0.4, 0.5) is 5.82 Å². The van der Waals surface area contributed by atoms with Crippen LogP contribution in [0.5, 0.6) is 0 Å². The standard InChI is InChI=1S/C15H17N3O/c19-15-13-4-2-1-3-12(13)9-14(18-15)17-10-11-5-7-16-8-6-11/h1-5,9,16H,6-8,10H2,(H2,17,18,19). The third-order valence-corrected chi connectivity index (χ3v) is 3.42. The van der Waals surface area contributed by atoms with Crippen molar-refractivity contribution in [2.75, 3.05) is 25.0 Å². The summed E-state index contributed by atoms with van der Waals surface area (Å²) in [5, 5.41) is 8.28. The fraction of sp³-hybridized carbons (Fsp3) is 0.267. The van der Waals surface area contributed by atoms with Gasteiger partial charge in [0.2, 0.25) is 0 Å². The Morgan fingerprint density at radius 1 is 1.26 bits per heavy atom. The van der Waals surface area contributed by atoms with Crippen LogP contribution in [0.3, 0.4) is 0 Å². The van der Waals surface area contributed by atoms with E-state index in [1.807, 2.05) is 30.3 Å². The van der Waals surface area contributed by atoms with Crippen molar-refractivity contribution in [1.29, 1.82) is 0 Å². The first-order chi connectivity index (χ1) is 9.33. The van der Waals surface area contributed by atoms with Crippen LogP contribution in [0, 0.1) is 0 Å². The van der Waals surface area contributed by atoms with Crippen LogP contribution >= 0.6 is 0 Å². The SMILES string of the molecule is O=c1[nH]c(NCC2=CCNCC2)cc2ccccc12. The van der Waals surface area contributed by atoms with Gasteiger partial charge in [-0.2, -0.15) is 0 Å². The second kappa shape index (κ2) is 5.28. The molecule has 0 saturated carbocycles. The van der Waals surface area contributed by atoms with E-state index in [0.717, 1.165) is 42.6 Å². The smallest absolute Gasteiger partial charge is 0.257 e. The molecule has 19 heavy (non-hydrogen) atoms. The van der Waals surface area contributed by atoms with E-state index in [-0.39, 0.29) is 5.56 Å². The lowest BCUT2D eigenvalue weighted by Gasteiger charge is -2.15. The minimum atomic E-state index is -0.0418. The molecule has 0 spiro atoms. The predicted molar refractivity (Wildman–Crippen MR) is 78.6 cm³/mol. The second-order valence-corrected chi connectivity index (χ2v) is 4.77. The maximum Gasteiger partial charge on any atom is 0.257 e. The molecule has 3 N–H and O–H groups in total. The van der Waals surface area contributed by atoms with E-state index in [9.17, 15) is 4.79 Å². The molecule has 4 nitrogen and oxygen atoms in total. The molecule has 0 saturated heterocycles. The van der Waals surface area contributed by atoms with Crippen molar-refractivity contribution in [3.05, 3.63) is 52.3 Å². The van der Waals surface area contributed by atoms with Gasteiger partial charge in [0.25, 0.3) is 5.56 Å². The summed E-state index contributed by atoms with van der Waals surface area (Å²) in [5.74, 6) is 0.781. The van der Waals surface area contributed by atoms with Gasteiger partial charge in [-0.05, 0) is 30.5 Å². The molecule has 0 fully saturated rings. The molecule has 1 aromatic carbocycles. The molecule has 3 rings (SSSR count). The van der Waals surface area contributed by atoms with Crippen LogP contribution in [-0.4, -0.2) is 24.6 Å². The molecule has 98 valence electrons. The quantitative estimate of drug-likeness (QED) is 0.734. The van der Waals surface area contributed by atoms with Gasteiger partial charge in [0.05, 0.1) is 0 Å². The number of pyridine rings is 1. The van der Waals surface area contributed by atoms with Gasteiger partial charge in [-0.3, -0.25) is 4.79 Å². The van der Waals surface area contributed by atoms with Gasteiger partial charge < -0.3 is 15.6 Å². The van der Waals surface area contributed by atoms with Crippen LogP contribution in [0.25, 0.3) is 10.8 Å². The van der Waals surface area contributed by atoms with E-state index in [1.54, 1.807) is 0 Å². The zero-order valence-corrected chi connectivity index (χ0v) is 10.7. The third-order valence-electron chi connectivity index (χ3n) is 3.42. The van der Waals surface area contributed by atoms with Gasteiger partial charge in [-0.15, -0.1) is 0 Å². The lowest BCUT2D eigenvalue weighted by Crippen LogP contribution is -2.23. The highest BCUT2D eigenvalue weighted by atomic mass is 16.1. The first kappa shape index (κ1) is 12.0. The summed E-state index contributed by atoms with van der Waals surface area (Å²) < 4.78 is 0. The van der Waals surface area contributed by atoms with Gasteiger partial charge in [-0.25, -0.2) is 0 Å². The second-order valence-electron chi connectivity index (χ2n) is 4.77. The Hall–Kier alpha value is -2.07. The number of rotatable bonds is 3. The summed E-state index contributed by atoms with van der Waals surface area (Å²) in [6.07, 6.45) is 3.26. The molecule has 0 unspecified atom stereocenters. The number of aromatic amines is 1. The Balaban J connectivity index is 1.81. The third kappa shape index (κ3) is 2.69. The fourth-order valence-electron chi connectivity index (χ4n) is 2.35. The Morgan fingerprint density at radius 3 is 3.00 bits per heavy atom. The topological polar surface area (TPSA) is 56.9 Å². The number of H-pyrrole nitrogens is 1. The molecule has 2 aromatic rings. The summed E-state index contributed by atoms with van der Waals surface area (Å²) in [5.41, 5.74) is 1.34. The van der Waals surface area contributed by atoms with Crippen molar-refractivity contribution in [1.82, 2.24) is 10.3 Å². The molecule has 1 aliphatic heterocycles. The maximum absolute atomic E-state index is 11.9. The van der Waals surface area contributed by atoms with E-state index in [1.165, 1.54) is 5.57 Å². The van der Waals surface area contributed by atoms with Crippen molar-refractivity contribution in [3.8, 4) is 0 Å². The van der Waals surface area contributed by atoms with Crippen molar-refractivity contribution < 1.29 is 0 Å². The monoisotopic (exact) mass is 255 g/mol. The highest BCUT2D eigenvalue weighted by Gasteiger charge is 2.04. The summed E-state index contributed by atoms with van der Waals surface area (Å²) in [4.78, 5) is 14.8. The van der Waals surface area contributed by atoms with E-state index < -0.39 is 0 Å². The number of nitrogens with one attached hydrogen (secondary N) is 3. The molecule has 0 atom stereocenters. The molecule has 0 aliphatic carbocycles. The lowest BCUT2D eigenvalue weighted by molar-refractivity contribution is 0.697. The van der Waals surface area contributed by atoms with Crippen LogP contribution in [0.15, 0.2) is 46.8 Å². The molecular weight excluding hydrogens is 238 g/mol. The van der Waals surface area contributed by atoms with E-state index in [0.29, 0.717) is 0 Å². The van der Waals surface area contributed by atoms with E-state index >= 15 is 0 Å². The molecule has 0 radical (unpaired) electrons. The van der Waals surface area contributed by atoms with Crippen LogP contribution < -0.4 is 16.2 Å². The Kier molecular flexibility index (Phi) is 3.33. The number of fused-ring (bicyclic) bond motifs is 1. The van der Waals surface area contributed by atoms with Crippen molar-refractivity contribution >= 4 is 16.6 Å². The first-order valence-corrected chi connectivity index (χ1v) is 6.57. The Morgan fingerprint density at radius 2 is 2.16 bits per heavy atom. The lowest BCUT2D eigenvalue weighted by atomic mass is 10.1. The summed E-state index contributed by atoms with van der Waals surface area (Å²) in [6, 6.07) is 9.61. The molecule has 4 heteroatoms. The van der Waals surface area contributed by atoms with Gasteiger partial charge in [0, 0.05) is 18.5 Å². The van der Waals surface area contributed by atoms with E-state index in [2.05, 4.69) is 21.7 Å². The van der Waals surface area contributed by atoms with Crippen LogP contribution in [0.2, 0.25) is 0 Å². The zero-order chi connectivity index (χ0) is 13.1. The van der Waals surface area contributed by atoms with Gasteiger partial charge in [0.15, 0.2) is 0 Å². The van der Waals surface area contributed by atoms with Gasteiger partial charge >= 0.3 is 0 Å².